The highest BCUT2D eigenvalue weighted by Crippen LogP contribution is 2.31. The topological polar surface area (TPSA) is 72.5 Å². The number of phenols is 1. The smallest absolute Gasteiger partial charge is 0.161 e. The third-order valence-electron chi connectivity index (χ3n) is 2.11. The quantitative estimate of drug-likeness (QED) is 0.877. The molecular formula is C11H11BrN4O2. The fourth-order valence-corrected chi connectivity index (χ4v) is 1.75. The van der Waals surface area contributed by atoms with E-state index in [1.54, 1.807) is 18.3 Å². The van der Waals surface area contributed by atoms with Crippen LogP contribution in [0.25, 0.3) is 0 Å². The lowest BCUT2D eigenvalue weighted by Crippen LogP contribution is -1.95. The van der Waals surface area contributed by atoms with Crippen LogP contribution < -0.4 is 4.74 Å². The molecule has 0 saturated carbocycles. The van der Waals surface area contributed by atoms with Gasteiger partial charge in [0.25, 0.3) is 0 Å². The molecule has 18 heavy (non-hydrogen) atoms. The molecule has 2 rings (SSSR count). The van der Waals surface area contributed by atoms with E-state index in [-0.39, 0.29) is 5.75 Å². The molecule has 0 aliphatic heterocycles. The summed E-state index contributed by atoms with van der Waals surface area (Å²) < 4.78 is 7.50. The summed E-state index contributed by atoms with van der Waals surface area (Å²) in [4.78, 5) is 0. The van der Waals surface area contributed by atoms with Crippen molar-refractivity contribution in [2.24, 2.45) is 5.10 Å². The highest BCUT2D eigenvalue weighted by molar-refractivity contribution is 9.10. The van der Waals surface area contributed by atoms with Gasteiger partial charge in [0, 0.05) is 10.0 Å². The number of hydrogen-bond donors (Lipinski definition) is 1. The SMILES string of the molecule is CCOc1cc(/C=N\n2cnnc2)c(Br)cc1O. The van der Waals surface area contributed by atoms with Crippen molar-refractivity contribution in [2.45, 2.75) is 6.92 Å². The molecule has 0 atom stereocenters. The molecule has 1 N–H and O–H groups in total. The number of phenolic OH excluding ortho intramolecular Hbond substituents is 1. The zero-order chi connectivity index (χ0) is 13.0. The maximum Gasteiger partial charge on any atom is 0.161 e. The number of rotatable bonds is 4. The number of aromatic nitrogens is 3. The van der Waals surface area contributed by atoms with E-state index in [0.717, 1.165) is 10.0 Å². The van der Waals surface area contributed by atoms with Crippen molar-refractivity contribution in [1.82, 2.24) is 14.9 Å². The summed E-state index contributed by atoms with van der Waals surface area (Å²) in [5.41, 5.74) is 0.782. The van der Waals surface area contributed by atoms with Crippen molar-refractivity contribution >= 4 is 22.1 Å². The van der Waals surface area contributed by atoms with Gasteiger partial charge in [-0.15, -0.1) is 10.2 Å². The summed E-state index contributed by atoms with van der Waals surface area (Å²) in [5, 5.41) is 21.1. The maximum atomic E-state index is 9.67. The van der Waals surface area contributed by atoms with Crippen molar-refractivity contribution in [1.29, 1.82) is 0 Å². The Kier molecular flexibility index (Phi) is 3.93. The minimum atomic E-state index is 0.0881. The number of halogens is 1. The third-order valence-corrected chi connectivity index (χ3v) is 2.80. The molecule has 1 heterocycles. The van der Waals surface area contributed by atoms with Gasteiger partial charge < -0.3 is 9.84 Å². The van der Waals surface area contributed by atoms with E-state index in [2.05, 4.69) is 31.2 Å². The first kappa shape index (κ1) is 12.6. The fraction of sp³-hybridized carbons (Fsp3) is 0.182. The third kappa shape index (κ3) is 2.86. The second kappa shape index (κ2) is 5.63. The lowest BCUT2D eigenvalue weighted by atomic mass is 10.2. The van der Waals surface area contributed by atoms with Gasteiger partial charge in [0.1, 0.15) is 12.7 Å². The number of aromatic hydroxyl groups is 1. The summed E-state index contributed by atoms with van der Waals surface area (Å²) in [6, 6.07) is 3.27. The Morgan fingerprint density at radius 3 is 2.83 bits per heavy atom. The van der Waals surface area contributed by atoms with Crippen LogP contribution in [0.3, 0.4) is 0 Å². The van der Waals surface area contributed by atoms with Gasteiger partial charge in [0.2, 0.25) is 0 Å². The Morgan fingerprint density at radius 1 is 1.44 bits per heavy atom. The monoisotopic (exact) mass is 310 g/mol. The minimum absolute atomic E-state index is 0.0881. The first-order valence-electron chi connectivity index (χ1n) is 5.25. The molecule has 1 aromatic carbocycles. The average Bonchev–Trinajstić information content (AvgIpc) is 2.84. The molecular weight excluding hydrogens is 300 g/mol. The Morgan fingerprint density at radius 2 is 2.17 bits per heavy atom. The average molecular weight is 311 g/mol. The zero-order valence-electron chi connectivity index (χ0n) is 9.62. The van der Waals surface area contributed by atoms with Gasteiger partial charge in [-0.05, 0) is 35.0 Å². The van der Waals surface area contributed by atoms with Crippen molar-refractivity contribution < 1.29 is 9.84 Å². The molecule has 0 amide bonds. The van der Waals surface area contributed by atoms with Crippen LogP contribution in [0.15, 0.2) is 34.4 Å². The van der Waals surface area contributed by atoms with Crippen LogP contribution >= 0.6 is 15.9 Å². The second-order valence-corrected chi connectivity index (χ2v) is 4.22. The molecule has 0 aliphatic rings. The van der Waals surface area contributed by atoms with Gasteiger partial charge in [-0.25, -0.2) is 4.68 Å². The van der Waals surface area contributed by atoms with E-state index in [1.807, 2.05) is 6.92 Å². The van der Waals surface area contributed by atoms with Crippen LogP contribution in [0.5, 0.6) is 11.5 Å². The summed E-state index contributed by atoms with van der Waals surface area (Å²) in [7, 11) is 0. The summed E-state index contributed by atoms with van der Waals surface area (Å²) in [6.45, 7) is 2.34. The standard InChI is InChI=1S/C11H11BrN4O2/c1-2-18-11-3-8(9(12)4-10(11)17)5-15-16-6-13-14-7-16/h3-7,17H,2H2,1H3/b15-5-. The predicted octanol–water partition coefficient (Wildman–Crippen LogP) is 2.03. The summed E-state index contributed by atoms with van der Waals surface area (Å²) in [6.07, 6.45) is 4.58. The lowest BCUT2D eigenvalue weighted by Gasteiger charge is -2.07. The van der Waals surface area contributed by atoms with Gasteiger partial charge >= 0.3 is 0 Å². The molecule has 0 aliphatic carbocycles. The molecule has 0 bridgehead atoms. The first-order valence-corrected chi connectivity index (χ1v) is 6.04. The predicted molar refractivity (Wildman–Crippen MR) is 70.0 cm³/mol. The van der Waals surface area contributed by atoms with E-state index >= 15 is 0 Å². The van der Waals surface area contributed by atoms with Gasteiger partial charge in [-0.3, -0.25) is 0 Å². The molecule has 0 spiro atoms. The van der Waals surface area contributed by atoms with Crippen molar-refractivity contribution in [2.75, 3.05) is 6.61 Å². The van der Waals surface area contributed by atoms with Crippen LogP contribution in [-0.2, 0) is 0 Å². The van der Waals surface area contributed by atoms with Crippen molar-refractivity contribution in [3.05, 3.63) is 34.8 Å². The van der Waals surface area contributed by atoms with Gasteiger partial charge in [0.15, 0.2) is 11.5 Å². The van der Waals surface area contributed by atoms with Crippen LogP contribution in [0.2, 0.25) is 0 Å². The van der Waals surface area contributed by atoms with E-state index in [1.165, 1.54) is 17.3 Å². The molecule has 0 saturated heterocycles. The number of ether oxygens (including phenoxy) is 1. The highest BCUT2D eigenvalue weighted by Gasteiger charge is 2.07. The Hall–Kier alpha value is -1.89. The zero-order valence-corrected chi connectivity index (χ0v) is 11.2. The highest BCUT2D eigenvalue weighted by atomic mass is 79.9. The van der Waals surface area contributed by atoms with Crippen LogP contribution in [-0.4, -0.2) is 32.8 Å². The minimum Gasteiger partial charge on any atom is -0.504 e. The second-order valence-electron chi connectivity index (χ2n) is 3.36. The molecule has 0 radical (unpaired) electrons. The maximum absolute atomic E-state index is 9.67. The van der Waals surface area contributed by atoms with Crippen LogP contribution in [0.4, 0.5) is 0 Å². The molecule has 6 nitrogen and oxygen atoms in total. The fourth-order valence-electron chi connectivity index (χ4n) is 1.31. The van der Waals surface area contributed by atoms with Crippen molar-refractivity contribution in [3.8, 4) is 11.5 Å². The molecule has 94 valence electrons. The van der Waals surface area contributed by atoms with E-state index in [9.17, 15) is 5.11 Å². The first-order chi connectivity index (χ1) is 8.70. The molecule has 0 fully saturated rings. The van der Waals surface area contributed by atoms with Gasteiger partial charge in [0.05, 0.1) is 12.8 Å². The summed E-state index contributed by atoms with van der Waals surface area (Å²) in [5.74, 6) is 0.510. The van der Waals surface area contributed by atoms with Crippen LogP contribution in [0.1, 0.15) is 12.5 Å². The Labute approximate surface area is 112 Å². The van der Waals surface area contributed by atoms with E-state index < -0.39 is 0 Å². The van der Waals surface area contributed by atoms with E-state index in [0.29, 0.717) is 12.4 Å². The molecule has 2 aromatic rings. The molecule has 0 unspecified atom stereocenters. The molecule has 1 aromatic heterocycles. The largest absolute Gasteiger partial charge is 0.504 e. The Balaban J connectivity index is 2.29. The number of hydrogen-bond acceptors (Lipinski definition) is 5. The van der Waals surface area contributed by atoms with Crippen molar-refractivity contribution in [3.63, 3.8) is 0 Å². The van der Waals surface area contributed by atoms with Gasteiger partial charge in [-0.1, -0.05) is 0 Å². The number of benzene rings is 1. The normalized spacial score (nSPS) is 11.0. The lowest BCUT2D eigenvalue weighted by molar-refractivity contribution is 0.318. The van der Waals surface area contributed by atoms with E-state index in [4.69, 9.17) is 4.74 Å². The van der Waals surface area contributed by atoms with Crippen LogP contribution in [0, 0.1) is 0 Å². The summed E-state index contributed by atoms with van der Waals surface area (Å²) >= 11 is 3.35. The molecule has 7 heteroatoms. The Bertz CT molecular complexity index is 554. The number of nitrogens with zero attached hydrogens (tertiary/aromatic N) is 4. The van der Waals surface area contributed by atoms with Gasteiger partial charge in [-0.2, -0.15) is 5.10 Å².